The molecule has 6 nitrogen and oxygen atoms in total. The smallest absolute Gasteiger partial charge is 0.251 e. The molecule has 3 aromatic rings. The number of rotatable bonds is 6. The van der Waals surface area contributed by atoms with Gasteiger partial charge in [0.15, 0.2) is 5.13 Å². The molecular weight excluding hydrogens is 384 g/mol. The van der Waals surface area contributed by atoms with Gasteiger partial charge in [0.05, 0.1) is 16.1 Å². The molecule has 1 aliphatic heterocycles. The van der Waals surface area contributed by atoms with Gasteiger partial charge < -0.3 is 15.5 Å². The number of anilines is 1. The summed E-state index contributed by atoms with van der Waals surface area (Å²) in [5, 5.41) is 6.78. The van der Waals surface area contributed by atoms with Crippen LogP contribution in [0.5, 0.6) is 0 Å². The first-order valence-electron chi connectivity index (χ1n) is 9.92. The minimum atomic E-state index is -0.125. The molecule has 0 bridgehead atoms. The molecule has 0 saturated carbocycles. The number of carbonyl (C=O) groups excluding carboxylic acids is 2. The number of benzene rings is 2. The molecule has 7 heteroatoms. The fourth-order valence-electron chi connectivity index (χ4n) is 3.56. The Kier molecular flexibility index (Phi) is 6.05. The highest BCUT2D eigenvalue weighted by Gasteiger charge is 2.27. The van der Waals surface area contributed by atoms with Crippen molar-refractivity contribution in [2.24, 2.45) is 5.92 Å². The second-order valence-corrected chi connectivity index (χ2v) is 8.17. The largest absolute Gasteiger partial charge is 0.354 e. The molecule has 2 heterocycles. The van der Waals surface area contributed by atoms with E-state index in [0.717, 1.165) is 30.0 Å². The number of fused-ring (bicyclic) bond motifs is 1. The summed E-state index contributed by atoms with van der Waals surface area (Å²) in [6.07, 6.45) is 1.85. The van der Waals surface area contributed by atoms with Crippen LogP contribution in [0, 0.1) is 5.92 Å². The monoisotopic (exact) mass is 408 g/mol. The normalized spacial score (nSPS) is 16.6. The first kappa shape index (κ1) is 19.4. The molecule has 0 spiro atoms. The van der Waals surface area contributed by atoms with E-state index in [0.29, 0.717) is 25.2 Å². The predicted molar refractivity (Wildman–Crippen MR) is 116 cm³/mol. The molecule has 150 valence electrons. The highest BCUT2D eigenvalue weighted by molar-refractivity contribution is 7.22. The molecule has 2 aromatic carbocycles. The molecule has 1 aliphatic rings. The van der Waals surface area contributed by atoms with E-state index in [4.69, 9.17) is 4.98 Å². The maximum Gasteiger partial charge on any atom is 0.251 e. The standard InChI is InChI=1S/C22H24N4O2S/c27-20(16-7-2-1-3-8-16)23-12-13-24-21(28)17-9-6-14-26(15-17)22-25-18-10-4-5-11-19(18)29-22/h1-5,7-8,10-11,17H,6,9,12-15H2,(H,23,27)(H,24,28)/t17-/m1/s1. The van der Waals surface area contributed by atoms with Crippen LogP contribution in [-0.2, 0) is 4.79 Å². The predicted octanol–water partition coefficient (Wildman–Crippen LogP) is 3.06. The SMILES string of the molecule is O=C(NCCNC(=O)[C@@H]1CCCN(c2nc3ccccc3s2)C1)c1ccccc1. The molecule has 29 heavy (non-hydrogen) atoms. The molecule has 1 atom stereocenters. The number of para-hydroxylation sites is 1. The zero-order valence-corrected chi connectivity index (χ0v) is 17.0. The van der Waals surface area contributed by atoms with Gasteiger partial charge in [0.25, 0.3) is 5.91 Å². The number of carbonyl (C=O) groups is 2. The van der Waals surface area contributed by atoms with E-state index in [2.05, 4.69) is 21.6 Å². The first-order chi connectivity index (χ1) is 14.2. The first-order valence-corrected chi connectivity index (χ1v) is 10.7. The lowest BCUT2D eigenvalue weighted by atomic mass is 9.97. The van der Waals surface area contributed by atoms with Crippen LogP contribution >= 0.6 is 11.3 Å². The van der Waals surface area contributed by atoms with Gasteiger partial charge in [0.1, 0.15) is 0 Å². The third-order valence-corrected chi connectivity index (χ3v) is 6.19. The Morgan fingerprint density at radius 2 is 1.79 bits per heavy atom. The van der Waals surface area contributed by atoms with Crippen LogP contribution in [0.25, 0.3) is 10.2 Å². The number of aromatic nitrogens is 1. The lowest BCUT2D eigenvalue weighted by Gasteiger charge is -2.31. The van der Waals surface area contributed by atoms with Crippen molar-refractivity contribution in [1.82, 2.24) is 15.6 Å². The highest BCUT2D eigenvalue weighted by Crippen LogP contribution is 2.31. The Balaban J connectivity index is 1.26. The maximum atomic E-state index is 12.6. The number of thiazole rings is 1. The van der Waals surface area contributed by atoms with Gasteiger partial charge in [-0.1, -0.05) is 41.7 Å². The molecule has 0 aliphatic carbocycles. The number of amides is 2. The van der Waals surface area contributed by atoms with Gasteiger partial charge >= 0.3 is 0 Å². The van der Waals surface area contributed by atoms with E-state index >= 15 is 0 Å². The van der Waals surface area contributed by atoms with Crippen molar-refractivity contribution in [1.29, 1.82) is 0 Å². The Hall–Kier alpha value is -2.93. The van der Waals surface area contributed by atoms with Gasteiger partial charge in [-0.3, -0.25) is 9.59 Å². The van der Waals surface area contributed by atoms with Crippen LogP contribution in [0.1, 0.15) is 23.2 Å². The Morgan fingerprint density at radius 1 is 1.03 bits per heavy atom. The summed E-state index contributed by atoms with van der Waals surface area (Å²) in [6, 6.07) is 17.2. The number of nitrogens with one attached hydrogen (secondary N) is 2. The van der Waals surface area contributed by atoms with Crippen molar-refractivity contribution >= 4 is 38.5 Å². The van der Waals surface area contributed by atoms with Crippen LogP contribution in [0.15, 0.2) is 54.6 Å². The summed E-state index contributed by atoms with van der Waals surface area (Å²) in [5.41, 5.74) is 1.63. The van der Waals surface area contributed by atoms with E-state index in [1.165, 1.54) is 4.70 Å². The summed E-state index contributed by atoms with van der Waals surface area (Å²) < 4.78 is 1.17. The minimum Gasteiger partial charge on any atom is -0.354 e. The lowest BCUT2D eigenvalue weighted by Crippen LogP contribution is -2.44. The van der Waals surface area contributed by atoms with Crippen LogP contribution < -0.4 is 15.5 Å². The summed E-state index contributed by atoms with van der Waals surface area (Å²) >= 11 is 1.68. The topological polar surface area (TPSA) is 74.3 Å². The second kappa shape index (κ2) is 9.05. The van der Waals surface area contributed by atoms with E-state index in [-0.39, 0.29) is 17.7 Å². The van der Waals surface area contributed by atoms with E-state index in [1.54, 1.807) is 23.5 Å². The summed E-state index contributed by atoms with van der Waals surface area (Å²) in [7, 11) is 0. The number of hydrogen-bond acceptors (Lipinski definition) is 5. The average Bonchev–Trinajstić information content (AvgIpc) is 3.21. The number of nitrogens with zero attached hydrogens (tertiary/aromatic N) is 2. The van der Waals surface area contributed by atoms with E-state index in [9.17, 15) is 9.59 Å². The Morgan fingerprint density at radius 3 is 2.62 bits per heavy atom. The van der Waals surface area contributed by atoms with Crippen molar-refractivity contribution in [2.45, 2.75) is 12.8 Å². The van der Waals surface area contributed by atoms with Gasteiger partial charge in [-0.15, -0.1) is 0 Å². The third kappa shape index (κ3) is 4.74. The van der Waals surface area contributed by atoms with Crippen molar-refractivity contribution in [2.75, 3.05) is 31.1 Å². The molecule has 2 N–H and O–H groups in total. The quantitative estimate of drug-likeness (QED) is 0.615. The summed E-state index contributed by atoms with van der Waals surface area (Å²) in [6.45, 7) is 2.45. The fourth-order valence-corrected chi connectivity index (χ4v) is 4.56. The van der Waals surface area contributed by atoms with Crippen LogP contribution in [0.3, 0.4) is 0 Å². The van der Waals surface area contributed by atoms with Gasteiger partial charge in [-0.2, -0.15) is 0 Å². The van der Waals surface area contributed by atoms with Crippen LogP contribution in [0.2, 0.25) is 0 Å². The zero-order chi connectivity index (χ0) is 20.1. The number of hydrogen-bond donors (Lipinski definition) is 2. The average molecular weight is 409 g/mol. The van der Waals surface area contributed by atoms with E-state index < -0.39 is 0 Å². The maximum absolute atomic E-state index is 12.6. The molecule has 2 amide bonds. The van der Waals surface area contributed by atoms with Crippen LogP contribution in [-0.4, -0.2) is 43.0 Å². The highest BCUT2D eigenvalue weighted by atomic mass is 32.1. The molecular formula is C22H24N4O2S. The molecule has 1 aromatic heterocycles. The van der Waals surface area contributed by atoms with E-state index in [1.807, 2.05) is 36.4 Å². The molecule has 0 unspecified atom stereocenters. The lowest BCUT2D eigenvalue weighted by molar-refractivity contribution is -0.125. The van der Waals surface area contributed by atoms with Gasteiger partial charge in [0.2, 0.25) is 5.91 Å². The fraction of sp³-hybridized carbons (Fsp3) is 0.318. The van der Waals surface area contributed by atoms with Crippen molar-refractivity contribution in [3.63, 3.8) is 0 Å². The van der Waals surface area contributed by atoms with Gasteiger partial charge in [-0.25, -0.2) is 4.98 Å². The molecule has 1 fully saturated rings. The van der Waals surface area contributed by atoms with Crippen molar-refractivity contribution in [3.05, 3.63) is 60.2 Å². The Labute approximate surface area is 173 Å². The van der Waals surface area contributed by atoms with Gasteiger partial charge in [-0.05, 0) is 37.1 Å². The zero-order valence-electron chi connectivity index (χ0n) is 16.1. The van der Waals surface area contributed by atoms with Crippen molar-refractivity contribution < 1.29 is 9.59 Å². The van der Waals surface area contributed by atoms with Gasteiger partial charge in [0, 0.05) is 31.7 Å². The Bertz CT molecular complexity index is 956. The minimum absolute atomic E-state index is 0.0461. The third-order valence-electron chi connectivity index (χ3n) is 5.09. The number of piperidine rings is 1. The molecule has 1 saturated heterocycles. The summed E-state index contributed by atoms with van der Waals surface area (Å²) in [4.78, 5) is 31.6. The molecule has 0 radical (unpaired) electrons. The second-order valence-electron chi connectivity index (χ2n) is 7.16. The summed E-state index contributed by atoms with van der Waals surface area (Å²) in [5.74, 6) is -0.134. The van der Waals surface area contributed by atoms with Crippen molar-refractivity contribution in [3.8, 4) is 0 Å². The van der Waals surface area contributed by atoms with Crippen LogP contribution in [0.4, 0.5) is 5.13 Å². The molecule has 4 rings (SSSR count).